The fourth-order valence-corrected chi connectivity index (χ4v) is 3.61. The first-order chi connectivity index (χ1) is 9.83. The smallest absolute Gasteiger partial charge is 0.122 e. The first-order valence-electron chi connectivity index (χ1n) is 8.31. The quantitative estimate of drug-likeness (QED) is 0.835. The Bertz CT molecular complexity index is 435. The lowest BCUT2D eigenvalue weighted by Gasteiger charge is -2.23. The molecule has 0 spiro atoms. The summed E-state index contributed by atoms with van der Waals surface area (Å²) in [4.78, 5) is 0. The molecule has 0 saturated heterocycles. The second-order valence-corrected chi connectivity index (χ2v) is 6.46. The summed E-state index contributed by atoms with van der Waals surface area (Å²) in [5.41, 5.74) is 2.78. The van der Waals surface area contributed by atoms with Crippen LogP contribution in [0, 0.1) is 5.92 Å². The van der Waals surface area contributed by atoms with E-state index in [1.807, 2.05) is 0 Å². The lowest BCUT2D eigenvalue weighted by molar-refractivity contribution is 0.336. The van der Waals surface area contributed by atoms with Gasteiger partial charge in [0.05, 0.1) is 6.61 Å². The predicted octanol–water partition coefficient (Wildman–Crippen LogP) is 4.07. The molecule has 1 fully saturated rings. The molecule has 1 aliphatic heterocycles. The van der Waals surface area contributed by atoms with Crippen LogP contribution in [-0.2, 0) is 13.0 Å². The van der Waals surface area contributed by atoms with Crippen molar-refractivity contribution in [3.05, 3.63) is 29.3 Å². The Morgan fingerprint density at radius 3 is 2.80 bits per heavy atom. The van der Waals surface area contributed by atoms with E-state index >= 15 is 0 Å². The summed E-state index contributed by atoms with van der Waals surface area (Å²) in [6.45, 7) is 4.21. The van der Waals surface area contributed by atoms with Gasteiger partial charge in [0.2, 0.25) is 0 Å². The zero-order valence-corrected chi connectivity index (χ0v) is 12.7. The third kappa shape index (κ3) is 3.35. The van der Waals surface area contributed by atoms with Crippen LogP contribution in [0.3, 0.4) is 0 Å². The van der Waals surface area contributed by atoms with Crippen LogP contribution >= 0.6 is 0 Å². The van der Waals surface area contributed by atoms with Crippen molar-refractivity contribution < 1.29 is 4.74 Å². The van der Waals surface area contributed by atoms with Gasteiger partial charge in [0.25, 0.3) is 0 Å². The standard InChI is InChI=1S/C18H27NO/c1-14(16-6-4-2-3-5-7-16)19-13-15-8-9-18-17(12-15)10-11-20-18/h8-9,12,14,16,19H,2-7,10-11,13H2,1H3/t14-/m1/s1. The molecule has 0 unspecified atom stereocenters. The first kappa shape index (κ1) is 13.9. The summed E-state index contributed by atoms with van der Waals surface area (Å²) in [7, 11) is 0. The Morgan fingerprint density at radius 2 is 2.00 bits per heavy atom. The van der Waals surface area contributed by atoms with Gasteiger partial charge in [0, 0.05) is 19.0 Å². The maximum Gasteiger partial charge on any atom is 0.122 e. The van der Waals surface area contributed by atoms with Crippen LogP contribution in [-0.4, -0.2) is 12.6 Å². The van der Waals surface area contributed by atoms with Crippen molar-refractivity contribution in [3.8, 4) is 5.75 Å². The van der Waals surface area contributed by atoms with Crippen molar-refractivity contribution in [3.63, 3.8) is 0 Å². The van der Waals surface area contributed by atoms with Crippen LogP contribution in [0.5, 0.6) is 5.75 Å². The molecule has 1 N–H and O–H groups in total. The molecule has 0 amide bonds. The van der Waals surface area contributed by atoms with E-state index in [9.17, 15) is 0 Å². The molecule has 0 aromatic heterocycles. The van der Waals surface area contributed by atoms with Gasteiger partial charge in [-0.3, -0.25) is 0 Å². The predicted molar refractivity (Wildman–Crippen MR) is 83.1 cm³/mol. The van der Waals surface area contributed by atoms with Gasteiger partial charge >= 0.3 is 0 Å². The lowest BCUT2D eigenvalue weighted by atomic mass is 9.93. The van der Waals surface area contributed by atoms with Crippen LogP contribution in [0.1, 0.15) is 56.6 Å². The van der Waals surface area contributed by atoms with Crippen LogP contribution < -0.4 is 10.1 Å². The summed E-state index contributed by atoms with van der Waals surface area (Å²) in [5, 5.41) is 3.75. The largest absolute Gasteiger partial charge is 0.493 e. The number of ether oxygens (including phenoxy) is 1. The Hall–Kier alpha value is -1.02. The Kier molecular flexibility index (Phi) is 4.62. The molecule has 1 aliphatic carbocycles. The van der Waals surface area contributed by atoms with Crippen LogP contribution in [0.2, 0.25) is 0 Å². The van der Waals surface area contributed by atoms with Gasteiger partial charge in [-0.1, -0.05) is 37.8 Å². The summed E-state index contributed by atoms with van der Waals surface area (Å²) in [5.74, 6) is 1.96. The minimum Gasteiger partial charge on any atom is -0.493 e. The van der Waals surface area contributed by atoms with Crippen molar-refractivity contribution in [2.75, 3.05) is 6.61 Å². The average molecular weight is 273 g/mol. The van der Waals surface area contributed by atoms with Crippen LogP contribution in [0.25, 0.3) is 0 Å². The molecule has 0 radical (unpaired) electrons. The molecular weight excluding hydrogens is 246 g/mol. The maximum atomic E-state index is 5.57. The number of nitrogens with one attached hydrogen (secondary N) is 1. The summed E-state index contributed by atoms with van der Waals surface area (Å²) in [6, 6.07) is 7.29. The van der Waals surface area contributed by atoms with E-state index in [4.69, 9.17) is 4.74 Å². The van der Waals surface area contributed by atoms with E-state index in [2.05, 4.69) is 30.4 Å². The molecule has 0 bridgehead atoms. The Labute approximate surface area is 122 Å². The molecule has 3 rings (SSSR count). The number of rotatable bonds is 4. The van der Waals surface area contributed by atoms with Gasteiger partial charge in [-0.05, 0) is 42.9 Å². The Balaban J connectivity index is 1.53. The molecule has 1 aromatic carbocycles. The maximum absolute atomic E-state index is 5.57. The molecule has 110 valence electrons. The fourth-order valence-electron chi connectivity index (χ4n) is 3.61. The Morgan fingerprint density at radius 1 is 1.20 bits per heavy atom. The summed E-state index contributed by atoms with van der Waals surface area (Å²) >= 11 is 0. The van der Waals surface area contributed by atoms with Crippen molar-refractivity contribution in [2.24, 2.45) is 5.92 Å². The van der Waals surface area contributed by atoms with Gasteiger partial charge < -0.3 is 10.1 Å². The number of hydrogen-bond acceptors (Lipinski definition) is 2. The topological polar surface area (TPSA) is 21.3 Å². The molecular formula is C18H27NO. The van der Waals surface area contributed by atoms with E-state index in [1.54, 1.807) is 0 Å². The molecule has 1 saturated carbocycles. The molecule has 1 heterocycles. The molecule has 1 aromatic rings. The van der Waals surface area contributed by atoms with E-state index < -0.39 is 0 Å². The lowest BCUT2D eigenvalue weighted by Crippen LogP contribution is -2.32. The minimum absolute atomic E-state index is 0.637. The van der Waals surface area contributed by atoms with Crippen LogP contribution in [0.15, 0.2) is 18.2 Å². The second kappa shape index (κ2) is 6.62. The van der Waals surface area contributed by atoms with Gasteiger partial charge in [-0.15, -0.1) is 0 Å². The van der Waals surface area contributed by atoms with Gasteiger partial charge in [0.15, 0.2) is 0 Å². The SMILES string of the molecule is C[C@@H](NCc1ccc2c(c1)CCO2)C1CCCCCC1. The zero-order chi connectivity index (χ0) is 13.8. The zero-order valence-electron chi connectivity index (χ0n) is 12.7. The summed E-state index contributed by atoms with van der Waals surface area (Å²) < 4.78 is 5.57. The van der Waals surface area contributed by atoms with Crippen molar-refractivity contribution >= 4 is 0 Å². The number of hydrogen-bond donors (Lipinski definition) is 1. The summed E-state index contributed by atoms with van der Waals surface area (Å²) in [6.07, 6.45) is 9.61. The molecule has 2 heteroatoms. The van der Waals surface area contributed by atoms with E-state index in [0.29, 0.717) is 6.04 Å². The van der Waals surface area contributed by atoms with E-state index in [0.717, 1.165) is 31.2 Å². The number of benzene rings is 1. The van der Waals surface area contributed by atoms with E-state index in [1.165, 1.54) is 49.7 Å². The highest BCUT2D eigenvalue weighted by Gasteiger charge is 2.19. The molecule has 20 heavy (non-hydrogen) atoms. The third-order valence-electron chi connectivity index (χ3n) is 4.99. The van der Waals surface area contributed by atoms with Crippen molar-refractivity contribution in [2.45, 2.75) is 64.5 Å². The van der Waals surface area contributed by atoms with E-state index in [-0.39, 0.29) is 0 Å². The normalized spacial score (nSPS) is 21.1. The molecule has 2 nitrogen and oxygen atoms in total. The fraction of sp³-hybridized carbons (Fsp3) is 0.667. The minimum atomic E-state index is 0.637. The van der Waals surface area contributed by atoms with Gasteiger partial charge in [-0.25, -0.2) is 0 Å². The number of fused-ring (bicyclic) bond motifs is 1. The first-order valence-corrected chi connectivity index (χ1v) is 8.31. The molecule has 1 atom stereocenters. The van der Waals surface area contributed by atoms with Gasteiger partial charge in [0.1, 0.15) is 5.75 Å². The van der Waals surface area contributed by atoms with Crippen LogP contribution in [0.4, 0.5) is 0 Å². The third-order valence-corrected chi connectivity index (χ3v) is 4.99. The van der Waals surface area contributed by atoms with Crippen molar-refractivity contribution in [1.29, 1.82) is 0 Å². The second-order valence-electron chi connectivity index (χ2n) is 6.46. The average Bonchev–Trinajstić information content (AvgIpc) is 2.76. The van der Waals surface area contributed by atoms with Gasteiger partial charge in [-0.2, -0.15) is 0 Å². The highest BCUT2D eigenvalue weighted by atomic mass is 16.5. The highest BCUT2D eigenvalue weighted by Crippen LogP contribution is 2.27. The monoisotopic (exact) mass is 273 g/mol. The van der Waals surface area contributed by atoms with Crippen molar-refractivity contribution in [1.82, 2.24) is 5.32 Å². The molecule has 2 aliphatic rings. The highest BCUT2D eigenvalue weighted by molar-refractivity contribution is 5.39.